The standard InChI is InChI=1S/C13H9F3O2/c14-13(15,16)8-18-12-4-3-10-5-9(7-17)1-2-11(10)6-12/h1-7H,8H2. The molecule has 94 valence electrons. The molecule has 5 heteroatoms. The Bertz CT molecular complexity index is 576. The second-order valence-electron chi connectivity index (χ2n) is 3.79. The van der Waals surface area contributed by atoms with Gasteiger partial charge in [-0.1, -0.05) is 18.2 Å². The number of carbonyl (C=O) groups is 1. The van der Waals surface area contributed by atoms with Gasteiger partial charge >= 0.3 is 6.18 Å². The van der Waals surface area contributed by atoms with Crippen LogP contribution >= 0.6 is 0 Å². The van der Waals surface area contributed by atoms with E-state index in [4.69, 9.17) is 0 Å². The molecule has 0 aliphatic carbocycles. The number of benzene rings is 2. The molecule has 18 heavy (non-hydrogen) atoms. The molecule has 0 unspecified atom stereocenters. The predicted molar refractivity (Wildman–Crippen MR) is 60.9 cm³/mol. The minimum atomic E-state index is -4.35. The summed E-state index contributed by atoms with van der Waals surface area (Å²) >= 11 is 0. The maximum absolute atomic E-state index is 12.0. The van der Waals surface area contributed by atoms with E-state index in [9.17, 15) is 18.0 Å². The van der Waals surface area contributed by atoms with Gasteiger partial charge in [-0.25, -0.2) is 0 Å². The summed E-state index contributed by atoms with van der Waals surface area (Å²) in [5.41, 5.74) is 0.520. The Labute approximate surface area is 101 Å². The molecule has 0 aromatic heterocycles. The van der Waals surface area contributed by atoms with Gasteiger partial charge in [0.2, 0.25) is 0 Å². The summed E-state index contributed by atoms with van der Waals surface area (Å²) < 4.78 is 40.6. The van der Waals surface area contributed by atoms with Crippen LogP contribution in [0.3, 0.4) is 0 Å². The topological polar surface area (TPSA) is 26.3 Å². The molecule has 0 atom stereocenters. The van der Waals surface area contributed by atoms with Crippen molar-refractivity contribution in [3.8, 4) is 5.75 Å². The second kappa shape index (κ2) is 4.68. The van der Waals surface area contributed by atoms with E-state index in [1.165, 1.54) is 12.1 Å². The zero-order chi connectivity index (χ0) is 13.2. The van der Waals surface area contributed by atoms with Crippen molar-refractivity contribution in [1.82, 2.24) is 0 Å². The van der Waals surface area contributed by atoms with Crippen molar-refractivity contribution in [1.29, 1.82) is 0 Å². The monoisotopic (exact) mass is 254 g/mol. The highest BCUT2D eigenvalue weighted by Gasteiger charge is 2.28. The first-order valence-electron chi connectivity index (χ1n) is 5.16. The minimum absolute atomic E-state index is 0.152. The van der Waals surface area contributed by atoms with E-state index in [0.29, 0.717) is 11.8 Å². The largest absolute Gasteiger partial charge is 0.484 e. The SMILES string of the molecule is O=Cc1ccc2cc(OCC(F)(F)F)ccc2c1. The summed E-state index contributed by atoms with van der Waals surface area (Å²) in [5, 5.41) is 1.50. The lowest BCUT2D eigenvalue weighted by Gasteiger charge is -2.09. The number of aldehydes is 1. The van der Waals surface area contributed by atoms with E-state index < -0.39 is 12.8 Å². The van der Waals surface area contributed by atoms with Gasteiger partial charge in [0.05, 0.1) is 0 Å². The first-order chi connectivity index (χ1) is 8.48. The van der Waals surface area contributed by atoms with Crippen molar-refractivity contribution < 1.29 is 22.7 Å². The van der Waals surface area contributed by atoms with Gasteiger partial charge in [-0.15, -0.1) is 0 Å². The molecule has 0 amide bonds. The maximum Gasteiger partial charge on any atom is 0.422 e. The van der Waals surface area contributed by atoms with E-state index >= 15 is 0 Å². The lowest BCUT2D eigenvalue weighted by Crippen LogP contribution is -2.19. The first-order valence-corrected chi connectivity index (χ1v) is 5.16. The molecule has 0 fully saturated rings. The number of hydrogen-bond acceptors (Lipinski definition) is 2. The Balaban J connectivity index is 2.25. The van der Waals surface area contributed by atoms with Crippen LogP contribution in [0.15, 0.2) is 36.4 Å². The molecule has 0 bridgehead atoms. The van der Waals surface area contributed by atoms with E-state index in [1.54, 1.807) is 24.3 Å². The third-order valence-electron chi connectivity index (χ3n) is 2.37. The molecule has 0 aliphatic heterocycles. The van der Waals surface area contributed by atoms with E-state index in [0.717, 1.165) is 10.8 Å². The highest BCUT2D eigenvalue weighted by atomic mass is 19.4. The number of halogens is 3. The molecule has 2 rings (SSSR count). The van der Waals surface area contributed by atoms with Crippen LogP contribution in [-0.4, -0.2) is 19.1 Å². The number of hydrogen-bond donors (Lipinski definition) is 0. The number of fused-ring (bicyclic) bond motifs is 1. The molecule has 0 aliphatic rings. The van der Waals surface area contributed by atoms with Gasteiger partial charge in [0.25, 0.3) is 0 Å². The molecule has 0 N–H and O–H groups in total. The zero-order valence-electron chi connectivity index (χ0n) is 9.20. The van der Waals surface area contributed by atoms with Crippen molar-refractivity contribution in [2.45, 2.75) is 6.18 Å². The molecular formula is C13H9F3O2. The van der Waals surface area contributed by atoms with Crippen molar-refractivity contribution >= 4 is 17.1 Å². The van der Waals surface area contributed by atoms with Crippen LogP contribution in [0.25, 0.3) is 10.8 Å². The van der Waals surface area contributed by atoms with Crippen LogP contribution in [0, 0.1) is 0 Å². The Kier molecular flexibility index (Phi) is 3.23. The Morgan fingerprint density at radius 2 is 1.72 bits per heavy atom. The van der Waals surface area contributed by atoms with Crippen LogP contribution in [0.5, 0.6) is 5.75 Å². The average Bonchev–Trinajstić information content (AvgIpc) is 2.34. The van der Waals surface area contributed by atoms with E-state index in [-0.39, 0.29) is 5.75 Å². The fourth-order valence-corrected chi connectivity index (χ4v) is 1.57. The third-order valence-corrected chi connectivity index (χ3v) is 2.37. The summed E-state index contributed by atoms with van der Waals surface area (Å²) in [6, 6.07) is 9.50. The Morgan fingerprint density at radius 3 is 2.39 bits per heavy atom. The Hall–Kier alpha value is -2.04. The van der Waals surface area contributed by atoms with Gasteiger partial charge in [0.15, 0.2) is 6.61 Å². The first kappa shape index (κ1) is 12.4. The maximum atomic E-state index is 12.0. The van der Waals surface area contributed by atoms with Gasteiger partial charge in [0.1, 0.15) is 12.0 Å². The van der Waals surface area contributed by atoms with Gasteiger partial charge in [-0.2, -0.15) is 13.2 Å². The number of carbonyl (C=O) groups excluding carboxylic acids is 1. The fourth-order valence-electron chi connectivity index (χ4n) is 1.57. The van der Waals surface area contributed by atoms with E-state index in [1.807, 2.05) is 0 Å². The summed E-state index contributed by atoms with van der Waals surface area (Å²) in [6.45, 7) is -1.31. The highest BCUT2D eigenvalue weighted by Crippen LogP contribution is 2.23. The van der Waals surface area contributed by atoms with Crippen molar-refractivity contribution in [2.24, 2.45) is 0 Å². The molecule has 0 radical (unpaired) electrons. The van der Waals surface area contributed by atoms with Crippen LogP contribution in [0.2, 0.25) is 0 Å². The second-order valence-corrected chi connectivity index (χ2v) is 3.79. The average molecular weight is 254 g/mol. The van der Waals surface area contributed by atoms with Crippen molar-refractivity contribution in [3.05, 3.63) is 42.0 Å². The number of alkyl halides is 3. The van der Waals surface area contributed by atoms with Gasteiger partial charge in [0, 0.05) is 5.56 Å². The molecular weight excluding hydrogens is 245 g/mol. The normalized spacial score (nSPS) is 11.5. The van der Waals surface area contributed by atoms with Crippen LogP contribution < -0.4 is 4.74 Å². The number of ether oxygens (including phenoxy) is 1. The highest BCUT2D eigenvalue weighted by molar-refractivity contribution is 5.89. The molecule has 2 aromatic rings. The summed E-state index contributed by atoms with van der Waals surface area (Å²) in [5.74, 6) is 0.152. The minimum Gasteiger partial charge on any atom is -0.484 e. The molecule has 2 aromatic carbocycles. The Morgan fingerprint density at radius 1 is 1.06 bits per heavy atom. The van der Waals surface area contributed by atoms with Gasteiger partial charge in [-0.3, -0.25) is 4.79 Å². The fraction of sp³-hybridized carbons (Fsp3) is 0.154. The lowest BCUT2D eigenvalue weighted by molar-refractivity contribution is -0.153. The van der Waals surface area contributed by atoms with Crippen LogP contribution in [0.4, 0.5) is 13.2 Å². The molecule has 0 spiro atoms. The van der Waals surface area contributed by atoms with Crippen LogP contribution in [-0.2, 0) is 0 Å². The van der Waals surface area contributed by atoms with Crippen molar-refractivity contribution in [2.75, 3.05) is 6.61 Å². The summed E-state index contributed by atoms with van der Waals surface area (Å²) in [4.78, 5) is 10.6. The quantitative estimate of drug-likeness (QED) is 0.782. The summed E-state index contributed by atoms with van der Waals surface area (Å²) in [7, 11) is 0. The smallest absolute Gasteiger partial charge is 0.422 e. The molecule has 0 saturated heterocycles. The van der Waals surface area contributed by atoms with Crippen molar-refractivity contribution in [3.63, 3.8) is 0 Å². The third kappa shape index (κ3) is 3.00. The molecule has 0 saturated carbocycles. The van der Waals surface area contributed by atoms with Gasteiger partial charge < -0.3 is 4.74 Å². The predicted octanol–water partition coefficient (Wildman–Crippen LogP) is 3.59. The number of rotatable bonds is 3. The van der Waals surface area contributed by atoms with Gasteiger partial charge in [-0.05, 0) is 29.0 Å². The zero-order valence-corrected chi connectivity index (χ0v) is 9.20. The molecule has 2 nitrogen and oxygen atoms in total. The summed E-state index contributed by atoms with van der Waals surface area (Å²) in [6.07, 6.45) is -3.64. The molecule has 0 heterocycles. The van der Waals surface area contributed by atoms with Crippen LogP contribution in [0.1, 0.15) is 10.4 Å². The van der Waals surface area contributed by atoms with E-state index in [2.05, 4.69) is 4.74 Å². The lowest BCUT2D eigenvalue weighted by atomic mass is 10.1.